The Morgan fingerprint density at radius 1 is 1.48 bits per heavy atom. The third-order valence-electron chi connectivity index (χ3n) is 4.36. The first-order valence-electron chi connectivity index (χ1n) is 7.19. The van der Waals surface area contributed by atoms with Gasteiger partial charge in [-0.2, -0.15) is 0 Å². The first-order valence-corrected chi connectivity index (χ1v) is 8.17. The van der Waals surface area contributed by atoms with E-state index in [9.17, 15) is 4.79 Å². The van der Waals surface area contributed by atoms with E-state index in [0.29, 0.717) is 11.1 Å². The molecule has 21 heavy (non-hydrogen) atoms. The van der Waals surface area contributed by atoms with E-state index in [1.54, 1.807) is 0 Å². The topological polar surface area (TPSA) is 87.7 Å². The fourth-order valence-electron chi connectivity index (χ4n) is 3.40. The molecule has 112 valence electrons. The summed E-state index contributed by atoms with van der Waals surface area (Å²) >= 11 is 1.50. The second-order valence-electron chi connectivity index (χ2n) is 5.65. The Hall–Kier alpha value is -1.69. The van der Waals surface area contributed by atoms with Gasteiger partial charge in [0.05, 0.1) is 5.54 Å². The number of nitrogens with two attached hydrogens (primary N) is 1. The van der Waals surface area contributed by atoms with Crippen LogP contribution < -0.4 is 11.1 Å². The van der Waals surface area contributed by atoms with Gasteiger partial charge in [0, 0.05) is 11.4 Å². The van der Waals surface area contributed by atoms with Crippen molar-refractivity contribution in [3.8, 4) is 0 Å². The van der Waals surface area contributed by atoms with E-state index in [2.05, 4.69) is 11.4 Å². The number of carbonyl (C=O) groups is 1. The highest BCUT2D eigenvalue weighted by molar-refractivity contribution is 8.13. The normalized spacial score (nSPS) is 28.4. The molecule has 5 nitrogen and oxygen atoms in total. The Labute approximate surface area is 128 Å². The van der Waals surface area contributed by atoms with Crippen molar-refractivity contribution >= 4 is 28.7 Å². The van der Waals surface area contributed by atoms with Crippen LogP contribution in [-0.2, 0) is 5.54 Å². The average Bonchev–Trinajstić information content (AvgIpc) is 2.46. The summed E-state index contributed by atoms with van der Waals surface area (Å²) in [6.07, 6.45) is 3.35. The van der Waals surface area contributed by atoms with Crippen LogP contribution in [0.25, 0.3) is 0 Å². The molecule has 2 aliphatic rings. The molecule has 1 aromatic carbocycles. The van der Waals surface area contributed by atoms with Crippen molar-refractivity contribution in [2.45, 2.75) is 31.2 Å². The van der Waals surface area contributed by atoms with E-state index >= 15 is 0 Å². The predicted molar refractivity (Wildman–Crippen MR) is 85.5 cm³/mol. The minimum absolute atomic E-state index is 0.323. The molecule has 1 aliphatic carbocycles. The Balaban J connectivity index is 2.05. The molecule has 3 rings (SSSR count). The van der Waals surface area contributed by atoms with Gasteiger partial charge in [-0.25, -0.2) is 4.79 Å². The van der Waals surface area contributed by atoms with Crippen molar-refractivity contribution in [2.24, 2.45) is 10.9 Å². The number of amides is 1. The zero-order valence-corrected chi connectivity index (χ0v) is 12.5. The maximum atomic E-state index is 10.9. The van der Waals surface area contributed by atoms with Gasteiger partial charge in [-0.05, 0) is 36.5 Å². The number of amidine groups is 1. The van der Waals surface area contributed by atoms with Gasteiger partial charge in [0.2, 0.25) is 0 Å². The van der Waals surface area contributed by atoms with Crippen LogP contribution in [0, 0.1) is 5.92 Å². The van der Waals surface area contributed by atoms with Crippen LogP contribution in [0.4, 0.5) is 10.5 Å². The van der Waals surface area contributed by atoms with Crippen LogP contribution in [0.2, 0.25) is 0 Å². The quantitative estimate of drug-likeness (QED) is 0.696. The smallest absolute Gasteiger partial charge is 0.410 e. The maximum Gasteiger partial charge on any atom is 0.410 e. The highest BCUT2D eigenvalue weighted by Gasteiger charge is 2.45. The molecule has 0 bridgehead atoms. The maximum absolute atomic E-state index is 10.9. The minimum atomic E-state index is -1.06. The van der Waals surface area contributed by atoms with Gasteiger partial charge in [0.1, 0.15) is 0 Å². The monoisotopic (exact) mass is 305 g/mol. The first kappa shape index (κ1) is 14.3. The number of hydrogen-bond donors (Lipinski definition) is 3. The lowest BCUT2D eigenvalue weighted by Gasteiger charge is -2.44. The molecule has 0 radical (unpaired) electrons. The second-order valence-corrected chi connectivity index (χ2v) is 6.66. The predicted octanol–water partition coefficient (Wildman–Crippen LogP) is 3.02. The molecular weight excluding hydrogens is 286 g/mol. The minimum Gasteiger partial charge on any atom is -0.465 e. The van der Waals surface area contributed by atoms with E-state index in [1.807, 2.05) is 18.2 Å². The van der Waals surface area contributed by atoms with Gasteiger partial charge in [-0.1, -0.05) is 36.7 Å². The highest BCUT2D eigenvalue weighted by atomic mass is 32.2. The molecular formula is C15H19N3O2S. The van der Waals surface area contributed by atoms with Crippen molar-refractivity contribution in [3.63, 3.8) is 0 Å². The molecule has 2 atom stereocenters. The number of aliphatic imine (C=N–C) groups is 1. The van der Waals surface area contributed by atoms with Crippen molar-refractivity contribution < 1.29 is 9.90 Å². The molecule has 0 aromatic heterocycles. The second kappa shape index (κ2) is 5.60. The lowest BCUT2D eigenvalue weighted by atomic mass is 9.70. The Morgan fingerprint density at radius 2 is 2.33 bits per heavy atom. The third-order valence-corrected chi connectivity index (χ3v) is 5.39. The van der Waals surface area contributed by atoms with Crippen LogP contribution in [0.1, 0.15) is 31.2 Å². The SMILES string of the molecule is Nc1cccc([C@]23CCCCC2CSC(NC(=O)O)=N3)c1. The largest absolute Gasteiger partial charge is 0.465 e. The van der Waals surface area contributed by atoms with Crippen molar-refractivity contribution in [3.05, 3.63) is 29.8 Å². The standard InChI is InChI=1S/C15H19N3O2S/c16-12-6-3-5-10(8-12)15-7-2-1-4-11(15)9-21-13(18-15)17-14(19)20/h3,5-6,8,11H,1-2,4,7,9,16H2,(H,17,18)(H,19,20)/t11?,15-/m1/s1. The summed E-state index contributed by atoms with van der Waals surface area (Å²) in [5.41, 5.74) is 7.45. The molecule has 1 aromatic rings. The highest BCUT2D eigenvalue weighted by Crippen LogP contribution is 2.49. The van der Waals surface area contributed by atoms with E-state index in [-0.39, 0.29) is 5.54 Å². The van der Waals surface area contributed by atoms with Gasteiger partial charge >= 0.3 is 6.09 Å². The molecule has 1 fully saturated rings. The number of thioether (sulfide) groups is 1. The molecule has 1 amide bonds. The number of nitrogens with one attached hydrogen (secondary N) is 1. The van der Waals surface area contributed by atoms with Crippen LogP contribution >= 0.6 is 11.8 Å². The van der Waals surface area contributed by atoms with Gasteiger partial charge in [0.25, 0.3) is 0 Å². The summed E-state index contributed by atoms with van der Waals surface area (Å²) in [5, 5.41) is 11.9. The summed E-state index contributed by atoms with van der Waals surface area (Å²) in [7, 11) is 0. The van der Waals surface area contributed by atoms with Gasteiger partial charge in [-0.15, -0.1) is 0 Å². The van der Waals surface area contributed by atoms with Crippen LogP contribution in [0.3, 0.4) is 0 Å². The fraction of sp³-hybridized carbons (Fsp3) is 0.467. The Kier molecular flexibility index (Phi) is 3.80. The van der Waals surface area contributed by atoms with Gasteiger partial charge in [-0.3, -0.25) is 10.3 Å². The molecule has 6 heteroatoms. The first-order chi connectivity index (χ1) is 10.1. The Morgan fingerprint density at radius 3 is 3.10 bits per heavy atom. The van der Waals surface area contributed by atoms with Crippen molar-refractivity contribution in [2.75, 3.05) is 11.5 Å². The fourth-order valence-corrected chi connectivity index (χ4v) is 4.59. The zero-order valence-electron chi connectivity index (χ0n) is 11.7. The molecule has 1 aliphatic heterocycles. The zero-order chi connectivity index (χ0) is 14.9. The molecule has 1 saturated carbocycles. The summed E-state index contributed by atoms with van der Waals surface area (Å²) in [6, 6.07) is 7.87. The van der Waals surface area contributed by atoms with E-state index < -0.39 is 6.09 Å². The molecule has 1 heterocycles. The summed E-state index contributed by atoms with van der Waals surface area (Å²) < 4.78 is 0. The number of nitrogen functional groups attached to an aromatic ring is 1. The number of hydrogen-bond acceptors (Lipinski definition) is 4. The number of rotatable bonds is 1. The molecule has 0 spiro atoms. The number of anilines is 1. The molecule has 1 unspecified atom stereocenters. The molecule has 4 N–H and O–H groups in total. The number of fused-ring (bicyclic) bond motifs is 1. The van der Waals surface area contributed by atoms with Crippen molar-refractivity contribution in [1.29, 1.82) is 0 Å². The third kappa shape index (κ3) is 2.72. The summed E-state index contributed by atoms with van der Waals surface area (Å²) in [4.78, 5) is 15.7. The van der Waals surface area contributed by atoms with Crippen LogP contribution in [-0.4, -0.2) is 22.1 Å². The van der Waals surface area contributed by atoms with Crippen LogP contribution in [0.15, 0.2) is 29.3 Å². The van der Waals surface area contributed by atoms with E-state index in [4.69, 9.17) is 15.8 Å². The van der Waals surface area contributed by atoms with E-state index in [1.165, 1.54) is 18.2 Å². The van der Waals surface area contributed by atoms with Gasteiger partial charge in [0.15, 0.2) is 5.17 Å². The van der Waals surface area contributed by atoms with Gasteiger partial charge < -0.3 is 10.8 Å². The summed E-state index contributed by atoms with van der Waals surface area (Å²) in [5.74, 6) is 1.34. The number of carboxylic acid groups (broad SMARTS) is 1. The summed E-state index contributed by atoms with van der Waals surface area (Å²) in [6.45, 7) is 0. The number of nitrogens with zero attached hydrogens (tertiary/aromatic N) is 1. The lowest BCUT2D eigenvalue weighted by molar-refractivity contribution is 0.198. The van der Waals surface area contributed by atoms with Crippen molar-refractivity contribution in [1.82, 2.24) is 5.32 Å². The van der Waals surface area contributed by atoms with Crippen LogP contribution in [0.5, 0.6) is 0 Å². The average molecular weight is 305 g/mol. The Bertz CT molecular complexity index is 590. The van der Waals surface area contributed by atoms with E-state index in [0.717, 1.165) is 36.3 Å². The molecule has 0 saturated heterocycles. The lowest BCUT2D eigenvalue weighted by Crippen LogP contribution is -2.44. The number of benzene rings is 1.